The van der Waals surface area contributed by atoms with Crippen LogP contribution in [0.1, 0.15) is 29.5 Å². The summed E-state index contributed by atoms with van der Waals surface area (Å²) in [4.78, 5) is 19.7. The molecule has 7 heteroatoms. The fourth-order valence-corrected chi connectivity index (χ4v) is 5.09. The topological polar surface area (TPSA) is 60.9 Å². The Kier molecular flexibility index (Phi) is 5.04. The maximum Gasteiger partial charge on any atom is 0.247 e. The number of aromatic nitrogens is 1. The van der Waals surface area contributed by atoms with Crippen molar-refractivity contribution in [1.82, 2.24) is 9.88 Å². The van der Waals surface area contributed by atoms with E-state index in [1.807, 2.05) is 35.2 Å². The Hall–Kier alpha value is -3.06. The van der Waals surface area contributed by atoms with Crippen LogP contribution in [0.5, 0.6) is 17.2 Å². The minimum Gasteiger partial charge on any atom is -0.493 e. The van der Waals surface area contributed by atoms with Gasteiger partial charge in [-0.25, -0.2) is 4.98 Å². The molecule has 0 aliphatic carbocycles. The molecule has 1 fully saturated rings. The molecule has 0 N–H and O–H groups in total. The van der Waals surface area contributed by atoms with Crippen molar-refractivity contribution in [2.24, 2.45) is 0 Å². The minimum atomic E-state index is -0.00869. The van der Waals surface area contributed by atoms with Gasteiger partial charge in [-0.3, -0.25) is 4.79 Å². The van der Waals surface area contributed by atoms with Crippen LogP contribution in [-0.2, 0) is 4.79 Å². The van der Waals surface area contributed by atoms with E-state index in [-0.39, 0.29) is 11.9 Å². The smallest absolute Gasteiger partial charge is 0.247 e. The van der Waals surface area contributed by atoms with Crippen LogP contribution in [0.25, 0.3) is 16.3 Å². The summed E-state index contributed by atoms with van der Waals surface area (Å²) in [6.07, 6.45) is 5.35. The summed E-state index contributed by atoms with van der Waals surface area (Å²) in [5.74, 6) is 1.85. The minimum absolute atomic E-state index is 0.00869. The molecule has 30 heavy (non-hydrogen) atoms. The Labute approximate surface area is 178 Å². The quantitative estimate of drug-likeness (QED) is 0.581. The summed E-state index contributed by atoms with van der Waals surface area (Å²) < 4.78 is 17.9. The SMILES string of the molecule is COc1cc(/C=C/C(=O)N2CCCC2c2nc3ccccc3s2)cc2c1OCCO2. The number of methoxy groups -OCH3 is 1. The normalized spacial score (nSPS) is 18.3. The number of carbonyl (C=O) groups is 1. The van der Waals surface area contributed by atoms with E-state index in [1.165, 1.54) is 0 Å². The maximum absolute atomic E-state index is 13.0. The number of benzene rings is 2. The van der Waals surface area contributed by atoms with E-state index in [4.69, 9.17) is 19.2 Å². The monoisotopic (exact) mass is 422 g/mol. The molecule has 5 rings (SSSR count). The lowest BCUT2D eigenvalue weighted by Crippen LogP contribution is -2.28. The second kappa shape index (κ2) is 7.99. The van der Waals surface area contributed by atoms with Crippen LogP contribution in [0.4, 0.5) is 0 Å². The van der Waals surface area contributed by atoms with Gasteiger partial charge in [0, 0.05) is 12.6 Å². The van der Waals surface area contributed by atoms with E-state index in [0.717, 1.165) is 40.2 Å². The third-order valence-corrected chi connectivity index (χ3v) is 6.54. The standard InChI is InChI=1S/C23H22N2O4S/c1-27-18-13-15(14-19-22(18)29-12-11-28-19)8-9-21(26)25-10-4-6-17(25)23-24-16-5-2-3-7-20(16)30-23/h2-3,5,7-9,13-14,17H,4,6,10-12H2,1H3/b9-8+. The van der Waals surface area contributed by atoms with Crippen molar-refractivity contribution in [3.8, 4) is 17.2 Å². The van der Waals surface area contributed by atoms with Crippen LogP contribution < -0.4 is 14.2 Å². The van der Waals surface area contributed by atoms with Crippen LogP contribution in [-0.4, -0.2) is 42.7 Å². The molecule has 0 radical (unpaired) electrons. The summed E-state index contributed by atoms with van der Waals surface area (Å²) in [5, 5.41) is 1.01. The second-order valence-electron chi connectivity index (χ2n) is 7.29. The predicted octanol–water partition coefficient (Wildman–Crippen LogP) is 4.45. The predicted molar refractivity (Wildman–Crippen MR) is 116 cm³/mol. The summed E-state index contributed by atoms with van der Waals surface area (Å²) in [7, 11) is 1.60. The van der Waals surface area contributed by atoms with Crippen LogP contribution >= 0.6 is 11.3 Å². The van der Waals surface area contributed by atoms with Crippen molar-refractivity contribution >= 4 is 33.5 Å². The zero-order valence-electron chi connectivity index (χ0n) is 16.7. The number of ether oxygens (including phenoxy) is 3. The highest BCUT2D eigenvalue weighted by Crippen LogP contribution is 2.41. The fourth-order valence-electron chi connectivity index (χ4n) is 3.97. The van der Waals surface area contributed by atoms with E-state index >= 15 is 0 Å². The van der Waals surface area contributed by atoms with Gasteiger partial charge >= 0.3 is 0 Å². The Morgan fingerprint density at radius 3 is 3.00 bits per heavy atom. The molecular weight excluding hydrogens is 400 g/mol. The van der Waals surface area contributed by atoms with Crippen LogP contribution in [0, 0.1) is 0 Å². The van der Waals surface area contributed by atoms with Gasteiger partial charge < -0.3 is 19.1 Å². The van der Waals surface area contributed by atoms with Gasteiger partial charge in [-0.15, -0.1) is 11.3 Å². The lowest BCUT2D eigenvalue weighted by molar-refractivity contribution is -0.126. The van der Waals surface area contributed by atoms with E-state index in [0.29, 0.717) is 30.5 Å². The highest BCUT2D eigenvalue weighted by Gasteiger charge is 2.31. The van der Waals surface area contributed by atoms with Gasteiger partial charge in [0.05, 0.1) is 23.4 Å². The first-order valence-corrected chi connectivity index (χ1v) is 10.9. The first-order valence-electron chi connectivity index (χ1n) is 10.0. The Morgan fingerprint density at radius 2 is 2.13 bits per heavy atom. The van der Waals surface area contributed by atoms with Crippen molar-refractivity contribution in [2.45, 2.75) is 18.9 Å². The van der Waals surface area contributed by atoms with Gasteiger partial charge in [0.25, 0.3) is 0 Å². The highest BCUT2D eigenvalue weighted by molar-refractivity contribution is 7.18. The number of amides is 1. The van der Waals surface area contributed by atoms with Gasteiger partial charge in [0.2, 0.25) is 11.7 Å². The van der Waals surface area contributed by atoms with E-state index < -0.39 is 0 Å². The zero-order valence-corrected chi connectivity index (χ0v) is 17.5. The molecule has 0 saturated carbocycles. The molecule has 1 aromatic heterocycles. The fraction of sp³-hybridized carbons (Fsp3) is 0.304. The third-order valence-electron chi connectivity index (χ3n) is 5.40. The number of hydrogen-bond acceptors (Lipinski definition) is 6. The molecule has 6 nitrogen and oxygen atoms in total. The summed E-state index contributed by atoms with van der Waals surface area (Å²) in [6, 6.07) is 11.9. The molecule has 2 aliphatic rings. The molecule has 1 unspecified atom stereocenters. The highest BCUT2D eigenvalue weighted by atomic mass is 32.1. The van der Waals surface area contributed by atoms with Crippen molar-refractivity contribution in [3.05, 3.63) is 53.0 Å². The molecule has 0 bridgehead atoms. The van der Waals surface area contributed by atoms with Crippen molar-refractivity contribution in [1.29, 1.82) is 0 Å². The molecule has 3 heterocycles. The van der Waals surface area contributed by atoms with Crippen molar-refractivity contribution in [3.63, 3.8) is 0 Å². The molecule has 0 spiro atoms. The molecule has 154 valence electrons. The molecule has 2 aliphatic heterocycles. The summed E-state index contributed by atoms with van der Waals surface area (Å²) in [6.45, 7) is 1.74. The Bertz CT molecular complexity index is 1070. The molecular formula is C23H22N2O4S. The molecule has 1 atom stereocenters. The van der Waals surface area contributed by atoms with Gasteiger partial charge in [0.1, 0.15) is 18.2 Å². The second-order valence-corrected chi connectivity index (χ2v) is 8.35. The Balaban J connectivity index is 1.37. The number of rotatable bonds is 4. The van der Waals surface area contributed by atoms with Crippen molar-refractivity contribution < 1.29 is 19.0 Å². The van der Waals surface area contributed by atoms with Gasteiger partial charge in [0.15, 0.2) is 11.5 Å². The number of hydrogen-bond donors (Lipinski definition) is 0. The van der Waals surface area contributed by atoms with Crippen LogP contribution in [0.2, 0.25) is 0 Å². The number of para-hydroxylation sites is 1. The molecule has 1 saturated heterocycles. The number of thiazole rings is 1. The lowest BCUT2D eigenvalue weighted by atomic mass is 10.1. The summed E-state index contributed by atoms with van der Waals surface area (Å²) >= 11 is 1.67. The van der Waals surface area contributed by atoms with Crippen LogP contribution in [0.15, 0.2) is 42.5 Å². The van der Waals surface area contributed by atoms with Crippen LogP contribution in [0.3, 0.4) is 0 Å². The lowest BCUT2D eigenvalue weighted by Gasteiger charge is -2.22. The molecule has 2 aromatic carbocycles. The average molecular weight is 423 g/mol. The average Bonchev–Trinajstić information content (AvgIpc) is 3.43. The van der Waals surface area contributed by atoms with Gasteiger partial charge in [-0.05, 0) is 48.7 Å². The number of fused-ring (bicyclic) bond motifs is 2. The third kappa shape index (κ3) is 3.50. The van der Waals surface area contributed by atoms with Crippen molar-refractivity contribution in [2.75, 3.05) is 26.9 Å². The first-order chi connectivity index (χ1) is 14.7. The van der Waals surface area contributed by atoms with Gasteiger partial charge in [-0.1, -0.05) is 12.1 Å². The first kappa shape index (κ1) is 18.9. The number of likely N-dealkylation sites (tertiary alicyclic amines) is 1. The Morgan fingerprint density at radius 1 is 1.27 bits per heavy atom. The maximum atomic E-state index is 13.0. The van der Waals surface area contributed by atoms with Gasteiger partial charge in [-0.2, -0.15) is 0 Å². The van der Waals surface area contributed by atoms with E-state index in [9.17, 15) is 4.79 Å². The zero-order chi connectivity index (χ0) is 20.5. The molecule has 1 amide bonds. The largest absolute Gasteiger partial charge is 0.493 e. The summed E-state index contributed by atoms with van der Waals surface area (Å²) in [5.41, 5.74) is 1.83. The number of carbonyl (C=O) groups excluding carboxylic acids is 1. The number of nitrogens with zero attached hydrogens (tertiary/aromatic N) is 2. The van der Waals surface area contributed by atoms with E-state index in [2.05, 4.69) is 6.07 Å². The molecule has 3 aromatic rings. The van der Waals surface area contributed by atoms with E-state index in [1.54, 1.807) is 30.6 Å².